The fourth-order valence-corrected chi connectivity index (χ4v) is 2.70. The van der Waals surface area contributed by atoms with E-state index in [-0.39, 0.29) is 11.7 Å². The van der Waals surface area contributed by atoms with Gasteiger partial charge < -0.3 is 15.3 Å². The molecule has 0 aliphatic carbocycles. The first-order valence-electron chi connectivity index (χ1n) is 6.75. The summed E-state index contributed by atoms with van der Waals surface area (Å²) in [5.74, 6) is -0.0828. The number of phenolic OH excluding ortho intramolecular Hbond substituents is 1. The van der Waals surface area contributed by atoms with Crippen molar-refractivity contribution >= 4 is 28.5 Å². The van der Waals surface area contributed by atoms with Crippen molar-refractivity contribution in [2.75, 3.05) is 46.3 Å². The number of amides is 1. The van der Waals surface area contributed by atoms with Gasteiger partial charge in [0.05, 0.1) is 5.56 Å². The van der Waals surface area contributed by atoms with Gasteiger partial charge in [-0.1, -0.05) is 0 Å². The summed E-state index contributed by atoms with van der Waals surface area (Å²) >= 11 is 2.14. The number of nitrogens with one attached hydrogen (secondary N) is 1. The molecule has 0 radical (unpaired) electrons. The van der Waals surface area contributed by atoms with Crippen LogP contribution in [0.15, 0.2) is 18.2 Å². The van der Waals surface area contributed by atoms with Crippen molar-refractivity contribution < 1.29 is 9.90 Å². The van der Waals surface area contributed by atoms with E-state index in [0.717, 1.165) is 36.3 Å². The van der Waals surface area contributed by atoms with E-state index in [4.69, 9.17) is 0 Å². The second-order valence-corrected chi connectivity index (χ2v) is 6.23. The van der Waals surface area contributed by atoms with Gasteiger partial charge in [0, 0.05) is 49.9 Å². The summed E-state index contributed by atoms with van der Waals surface area (Å²) in [7, 11) is 1.78. The number of halogens is 1. The summed E-state index contributed by atoms with van der Waals surface area (Å²) in [6.45, 7) is 5.61. The van der Waals surface area contributed by atoms with Gasteiger partial charge >= 0.3 is 0 Å². The summed E-state index contributed by atoms with van der Waals surface area (Å²) < 4.78 is 0.944. The Morgan fingerprint density at radius 1 is 1.45 bits per heavy atom. The minimum absolute atomic E-state index is 0.0458. The lowest BCUT2D eigenvalue weighted by atomic mass is 10.2. The minimum atomic E-state index is -0.129. The number of hydrogen-bond donors (Lipinski definition) is 2. The van der Waals surface area contributed by atoms with E-state index in [9.17, 15) is 9.90 Å². The number of rotatable bonds is 4. The van der Waals surface area contributed by atoms with Crippen LogP contribution in [0.4, 0.5) is 0 Å². The molecule has 0 saturated carbocycles. The van der Waals surface area contributed by atoms with Gasteiger partial charge in [0.15, 0.2) is 0 Å². The summed E-state index contributed by atoms with van der Waals surface area (Å²) in [4.78, 5) is 16.3. The van der Waals surface area contributed by atoms with E-state index in [1.165, 1.54) is 0 Å². The second-order valence-electron chi connectivity index (χ2n) is 4.98. The minimum Gasteiger partial charge on any atom is -0.507 e. The third-order valence-corrected chi connectivity index (χ3v) is 4.17. The Bertz CT molecular complexity index is 475. The highest BCUT2D eigenvalue weighted by molar-refractivity contribution is 14.1. The Morgan fingerprint density at radius 2 is 2.15 bits per heavy atom. The summed E-state index contributed by atoms with van der Waals surface area (Å²) in [6, 6.07) is 5.08. The molecular weight excluding hydrogens is 369 g/mol. The van der Waals surface area contributed by atoms with E-state index in [0.29, 0.717) is 12.1 Å². The number of hydrogen-bond acceptors (Lipinski definition) is 4. The number of carbonyl (C=O) groups excluding carboxylic acids is 1. The smallest absolute Gasteiger partial charge is 0.257 e. The maximum absolute atomic E-state index is 12.3. The van der Waals surface area contributed by atoms with Crippen LogP contribution in [0.2, 0.25) is 0 Å². The van der Waals surface area contributed by atoms with E-state index >= 15 is 0 Å². The Labute approximate surface area is 133 Å². The predicted molar refractivity (Wildman–Crippen MR) is 87.1 cm³/mol. The molecule has 1 saturated heterocycles. The molecule has 1 aliphatic rings. The summed E-state index contributed by atoms with van der Waals surface area (Å²) in [6.07, 6.45) is 0. The first-order valence-corrected chi connectivity index (χ1v) is 7.83. The molecular formula is C14H20IN3O2. The number of nitrogens with zero attached hydrogens (tertiary/aromatic N) is 2. The molecule has 1 aromatic rings. The fraction of sp³-hybridized carbons (Fsp3) is 0.500. The van der Waals surface area contributed by atoms with Crippen LogP contribution in [0.5, 0.6) is 5.75 Å². The molecule has 1 heterocycles. The number of likely N-dealkylation sites (N-methyl/N-ethyl adjacent to an activating group) is 1. The van der Waals surface area contributed by atoms with Gasteiger partial charge in [-0.15, -0.1) is 0 Å². The number of benzene rings is 1. The van der Waals surface area contributed by atoms with Crippen LogP contribution in [0.25, 0.3) is 0 Å². The van der Waals surface area contributed by atoms with Crippen molar-refractivity contribution in [2.45, 2.75) is 0 Å². The highest BCUT2D eigenvalue weighted by Crippen LogP contribution is 2.20. The quantitative estimate of drug-likeness (QED) is 0.754. The van der Waals surface area contributed by atoms with Gasteiger partial charge in [0.25, 0.3) is 5.91 Å². The van der Waals surface area contributed by atoms with Crippen molar-refractivity contribution in [3.05, 3.63) is 27.3 Å². The normalized spacial score (nSPS) is 16.1. The van der Waals surface area contributed by atoms with Gasteiger partial charge in [-0.25, -0.2) is 0 Å². The number of phenols is 1. The third kappa shape index (κ3) is 4.07. The molecule has 1 aliphatic heterocycles. The second kappa shape index (κ2) is 7.24. The van der Waals surface area contributed by atoms with Crippen molar-refractivity contribution in [1.82, 2.24) is 15.1 Å². The van der Waals surface area contributed by atoms with Gasteiger partial charge in [-0.2, -0.15) is 0 Å². The lowest BCUT2D eigenvalue weighted by Gasteiger charge is -2.29. The molecule has 0 spiro atoms. The van der Waals surface area contributed by atoms with Crippen LogP contribution >= 0.6 is 22.6 Å². The molecule has 0 unspecified atom stereocenters. The molecule has 0 bridgehead atoms. The van der Waals surface area contributed by atoms with E-state index < -0.39 is 0 Å². The van der Waals surface area contributed by atoms with Crippen molar-refractivity contribution in [3.8, 4) is 5.75 Å². The van der Waals surface area contributed by atoms with Gasteiger partial charge in [-0.05, 0) is 40.8 Å². The topological polar surface area (TPSA) is 55.8 Å². The third-order valence-electron chi connectivity index (χ3n) is 3.50. The molecule has 20 heavy (non-hydrogen) atoms. The lowest BCUT2D eigenvalue weighted by molar-refractivity contribution is 0.0772. The highest BCUT2D eigenvalue weighted by Gasteiger charge is 2.17. The average molecular weight is 389 g/mol. The number of piperazine rings is 1. The molecule has 0 aromatic heterocycles. The monoisotopic (exact) mass is 389 g/mol. The van der Waals surface area contributed by atoms with Gasteiger partial charge in [0.1, 0.15) is 5.75 Å². The van der Waals surface area contributed by atoms with Crippen molar-refractivity contribution in [2.24, 2.45) is 0 Å². The Hall–Kier alpha value is -0.860. The maximum atomic E-state index is 12.3. The molecule has 1 amide bonds. The van der Waals surface area contributed by atoms with Crippen LogP contribution in [0.1, 0.15) is 10.4 Å². The van der Waals surface area contributed by atoms with Crippen LogP contribution in [-0.4, -0.2) is 67.1 Å². The zero-order valence-corrected chi connectivity index (χ0v) is 13.8. The Morgan fingerprint density at radius 3 is 2.85 bits per heavy atom. The van der Waals surface area contributed by atoms with Gasteiger partial charge in [-0.3, -0.25) is 9.69 Å². The molecule has 110 valence electrons. The standard InChI is InChI=1S/C14H20IN3O2/c1-17(8-9-18-6-4-16-5-7-18)14(20)12-10-11(15)2-3-13(12)19/h2-3,10,16,19H,4-9H2,1H3. The highest BCUT2D eigenvalue weighted by atomic mass is 127. The molecule has 1 aromatic carbocycles. The Balaban J connectivity index is 1.92. The molecule has 0 atom stereocenters. The summed E-state index contributed by atoms with van der Waals surface area (Å²) in [5, 5.41) is 13.1. The molecule has 1 fully saturated rings. The van der Waals surface area contributed by atoms with Gasteiger partial charge in [0.2, 0.25) is 0 Å². The molecule has 5 nitrogen and oxygen atoms in total. The average Bonchev–Trinajstić information content (AvgIpc) is 2.47. The van der Waals surface area contributed by atoms with E-state index in [1.54, 1.807) is 30.1 Å². The fourth-order valence-electron chi connectivity index (χ4n) is 2.21. The van der Waals surface area contributed by atoms with Crippen LogP contribution in [0, 0.1) is 3.57 Å². The zero-order valence-electron chi connectivity index (χ0n) is 11.6. The number of aromatic hydroxyl groups is 1. The first kappa shape index (κ1) is 15.5. The van der Waals surface area contributed by atoms with Crippen molar-refractivity contribution in [3.63, 3.8) is 0 Å². The van der Waals surface area contributed by atoms with E-state index in [2.05, 4.69) is 32.8 Å². The molecule has 2 N–H and O–H groups in total. The summed E-state index contributed by atoms with van der Waals surface area (Å²) in [5.41, 5.74) is 0.375. The van der Waals surface area contributed by atoms with Crippen LogP contribution in [0.3, 0.4) is 0 Å². The van der Waals surface area contributed by atoms with Crippen LogP contribution in [-0.2, 0) is 0 Å². The first-order chi connectivity index (χ1) is 9.58. The SMILES string of the molecule is CN(CCN1CCNCC1)C(=O)c1cc(I)ccc1O. The largest absolute Gasteiger partial charge is 0.507 e. The molecule has 2 rings (SSSR count). The number of carbonyl (C=O) groups is 1. The molecule has 6 heteroatoms. The zero-order chi connectivity index (χ0) is 14.5. The predicted octanol–water partition coefficient (Wildman–Crippen LogP) is 0.974. The van der Waals surface area contributed by atoms with E-state index in [1.807, 2.05) is 0 Å². The lowest BCUT2D eigenvalue weighted by Crippen LogP contribution is -2.46. The van der Waals surface area contributed by atoms with Crippen molar-refractivity contribution in [1.29, 1.82) is 0 Å². The maximum Gasteiger partial charge on any atom is 0.257 e. The Kier molecular flexibility index (Phi) is 5.62. The van der Waals surface area contributed by atoms with Crippen LogP contribution < -0.4 is 5.32 Å².